The number of hydrogen-bond donors (Lipinski definition) is 0. The van der Waals surface area contributed by atoms with Crippen LogP contribution in [0.25, 0.3) is 0 Å². The van der Waals surface area contributed by atoms with E-state index < -0.39 is 18.5 Å². The van der Waals surface area contributed by atoms with Gasteiger partial charge >= 0.3 is 6.18 Å². The first-order valence-electron chi connectivity index (χ1n) is 6.67. The van der Waals surface area contributed by atoms with Crippen molar-refractivity contribution < 1.29 is 22.7 Å². The third kappa shape index (κ3) is 2.92. The molecule has 1 aromatic carbocycles. The largest absolute Gasteiger partial charge is 0.419 e. The number of ether oxygens (including phenoxy) is 1. The Morgan fingerprint density at radius 1 is 1.36 bits per heavy atom. The summed E-state index contributed by atoms with van der Waals surface area (Å²) in [6.07, 6.45) is -5.99. The van der Waals surface area contributed by atoms with Gasteiger partial charge in [-0.25, -0.2) is 0 Å². The number of aldehydes is 1. The van der Waals surface area contributed by atoms with E-state index in [0.717, 1.165) is 12.8 Å². The topological polar surface area (TPSA) is 29.5 Å². The third-order valence-corrected chi connectivity index (χ3v) is 3.68. The van der Waals surface area contributed by atoms with Gasteiger partial charge in [-0.1, -0.05) is 17.5 Å². The molecule has 1 aliphatic carbocycles. The van der Waals surface area contributed by atoms with Gasteiger partial charge in [0.25, 0.3) is 0 Å². The Labute approximate surface area is 130 Å². The summed E-state index contributed by atoms with van der Waals surface area (Å²) in [5, 5.41) is 0.163. The molecular weight excluding hydrogens is 319 g/mol. The fourth-order valence-electron chi connectivity index (χ4n) is 2.22. The lowest BCUT2D eigenvalue weighted by molar-refractivity contribution is -0.235. The highest BCUT2D eigenvalue weighted by Crippen LogP contribution is 2.45. The Bertz CT molecular complexity index is 661. The predicted molar refractivity (Wildman–Crippen MR) is 74.2 cm³/mol. The number of fused-ring (bicyclic) bond motifs is 1. The van der Waals surface area contributed by atoms with Gasteiger partial charge in [0.15, 0.2) is 18.6 Å². The van der Waals surface area contributed by atoms with Crippen molar-refractivity contribution >= 4 is 23.6 Å². The van der Waals surface area contributed by atoms with Crippen LogP contribution in [-0.2, 0) is 9.53 Å². The van der Waals surface area contributed by atoms with Crippen molar-refractivity contribution in [2.45, 2.75) is 31.3 Å². The molecule has 0 aromatic heterocycles. The summed E-state index contributed by atoms with van der Waals surface area (Å²) in [5.41, 5.74) is 0.0615. The molecule has 0 bridgehead atoms. The van der Waals surface area contributed by atoms with Crippen molar-refractivity contribution in [3.8, 4) is 12.0 Å². The highest BCUT2D eigenvalue weighted by molar-refractivity contribution is 6.30. The summed E-state index contributed by atoms with van der Waals surface area (Å²) < 4.78 is 44.4. The Morgan fingerprint density at radius 3 is 2.68 bits per heavy atom. The van der Waals surface area contributed by atoms with Crippen molar-refractivity contribution in [2.24, 2.45) is 5.92 Å². The molecule has 2 atom stereocenters. The quantitative estimate of drug-likeness (QED) is 0.581. The van der Waals surface area contributed by atoms with Gasteiger partial charge in [0.2, 0.25) is 0 Å². The van der Waals surface area contributed by atoms with Crippen LogP contribution in [0.1, 0.15) is 24.5 Å². The average molecular weight is 330 g/mol. The van der Waals surface area contributed by atoms with Gasteiger partial charge in [-0.05, 0) is 31.0 Å². The monoisotopic (exact) mass is 329 g/mol. The van der Waals surface area contributed by atoms with Gasteiger partial charge in [-0.15, -0.1) is 0 Å². The summed E-state index contributed by atoms with van der Waals surface area (Å²) in [6, 6.07) is 6.84. The van der Waals surface area contributed by atoms with Gasteiger partial charge in [0.1, 0.15) is 0 Å². The Hall–Kier alpha value is -1.71. The summed E-state index contributed by atoms with van der Waals surface area (Å²) in [4.78, 5) is 12.4. The molecule has 3 nitrogen and oxygen atoms in total. The molecule has 0 amide bonds. The number of halogens is 4. The number of rotatable bonds is 1. The molecular formula is C15H11ClF3NO2. The van der Waals surface area contributed by atoms with E-state index in [4.69, 9.17) is 16.3 Å². The summed E-state index contributed by atoms with van der Waals surface area (Å²) >= 11 is 5.80. The van der Waals surface area contributed by atoms with Gasteiger partial charge in [0.05, 0.1) is 5.69 Å². The zero-order valence-electron chi connectivity index (χ0n) is 11.2. The smallest absolute Gasteiger partial charge is 0.333 e. The lowest BCUT2D eigenvalue weighted by Gasteiger charge is -2.37. The minimum atomic E-state index is -4.64. The maximum atomic E-state index is 13.2. The fourth-order valence-corrected chi connectivity index (χ4v) is 2.40. The predicted octanol–water partition coefficient (Wildman–Crippen LogP) is 3.68. The van der Waals surface area contributed by atoms with Gasteiger partial charge in [-0.3, -0.25) is 9.69 Å². The molecule has 1 aliphatic heterocycles. The van der Waals surface area contributed by atoms with E-state index in [1.165, 1.54) is 23.1 Å². The van der Waals surface area contributed by atoms with Crippen LogP contribution in [0.5, 0.6) is 0 Å². The van der Waals surface area contributed by atoms with Crippen molar-refractivity contribution in [3.05, 3.63) is 28.8 Å². The Morgan fingerprint density at radius 2 is 2.09 bits per heavy atom. The second-order valence-electron chi connectivity index (χ2n) is 5.19. The van der Waals surface area contributed by atoms with Crippen LogP contribution in [0.2, 0.25) is 5.02 Å². The van der Waals surface area contributed by atoms with Crippen LogP contribution in [0, 0.1) is 17.9 Å². The lowest BCUT2D eigenvalue weighted by Crippen LogP contribution is -2.44. The number of alkyl halides is 3. The van der Waals surface area contributed by atoms with E-state index in [1.807, 2.05) is 0 Å². The molecule has 2 aliphatic rings. The Kier molecular flexibility index (Phi) is 3.79. The molecule has 0 saturated heterocycles. The van der Waals surface area contributed by atoms with Gasteiger partial charge < -0.3 is 4.74 Å². The number of carbonyl (C=O) groups is 1. The molecule has 22 heavy (non-hydrogen) atoms. The van der Waals surface area contributed by atoms with Crippen LogP contribution in [0.3, 0.4) is 0 Å². The molecule has 1 heterocycles. The number of carbonyl (C=O) groups excluding carboxylic acids is 1. The molecule has 0 N–H and O–H groups in total. The second-order valence-corrected chi connectivity index (χ2v) is 5.62. The van der Waals surface area contributed by atoms with E-state index in [1.54, 1.807) is 0 Å². The molecule has 0 spiro atoms. The lowest BCUT2D eigenvalue weighted by atomic mass is 10.0. The molecule has 1 saturated carbocycles. The molecule has 0 radical (unpaired) electrons. The standard InChI is InChI=1S/C15H11ClF3NO2/c16-10-3-4-12-11(7-10)14(15(17,18)19)22-13(8-21)20(12)6-5-9-1-2-9/h3-4,7-9,13-14H,1-2H2. The first-order chi connectivity index (χ1) is 10.4. The van der Waals surface area contributed by atoms with E-state index in [9.17, 15) is 18.0 Å². The maximum absolute atomic E-state index is 13.2. The van der Waals surface area contributed by atoms with E-state index in [-0.39, 0.29) is 22.2 Å². The SMILES string of the molecule is O=CC1OC(C(F)(F)F)c2cc(Cl)ccc2N1C#CC1CC1. The minimum Gasteiger partial charge on any atom is -0.333 e. The summed E-state index contributed by atoms with van der Waals surface area (Å²) in [7, 11) is 0. The maximum Gasteiger partial charge on any atom is 0.419 e. The van der Waals surface area contributed by atoms with Crippen LogP contribution >= 0.6 is 11.6 Å². The zero-order valence-corrected chi connectivity index (χ0v) is 12.0. The normalized spacial score (nSPS) is 24.3. The van der Waals surface area contributed by atoms with Crippen molar-refractivity contribution in [3.63, 3.8) is 0 Å². The molecule has 2 unspecified atom stereocenters. The van der Waals surface area contributed by atoms with Crippen LogP contribution in [-0.4, -0.2) is 18.7 Å². The highest BCUT2D eigenvalue weighted by atomic mass is 35.5. The highest BCUT2D eigenvalue weighted by Gasteiger charge is 2.48. The van der Waals surface area contributed by atoms with Gasteiger partial charge in [-0.2, -0.15) is 13.2 Å². The number of hydrogen-bond acceptors (Lipinski definition) is 3. The summed E-state index contributed by atoms with van der Waals surface area (Å²) in [5.74, 6) is 3.16. The third-order valence-electron chi connectivity index (χ3n) is 3.44. The van der Waals surface area contributed by atoms with Crippen molar-refractivity contribution in [2.75, 3.05) is 4.90 Å². The number of benzene rings is 1. The minimum absolute atomic E-state index is 0.136. The Balaban J connectivity index is 2.08. The average Bonchev–Trinajstić information content (AvgIpc) is 3.26. The van der Waals surface area contributed by atoms with Gasteiger partial charge in [0, 0.05) is 22.5 Å². The first-order valence-corrected chi connectivity index (χ1v) is 7.05. The van der Waals surface area contributed by atoms with Crippen LogP contribution in [0.15, 0.2) is 18.2 Å². The second kappa shape index (κ2) is 5.49. The summed E-state index contributed by atoms with van der Waals surface area (Å²) in [6.45, 7) is 0. The molecule has 1 aromatic rings. The molecule has 7 heteroatoms. The zero-order chi connectivity index (χ0) is 15.9. The first kappa shape index (κ1) is 15.2. The van der Waals surface area contributed by atoms with Crippen LogP contribution in [0.4, 0.5) is 18.9 Å². The van der Waals surface area contributed by atoms with Crippen LogP contribution < -0.4 is 4.90 Å². The van der Waals surface area contributed by atoms with Crippen molar-refractivity contribution in [1.29, 1.82) is 0 Å². The number of anilines is 1. The molecule has 116 valence electrons. The van der Waals surface area contributed by atoms with E-state index in [2.05, 4.69) is 12.0 Å². The number of nitrogens with zero attached hydrogens (tertiary/aromatic N) is 1. The van der Waals surface area contributed by atoms with E-state index in [0.29, 0.717) is 6.29 Å². The fraction of sp³-hybridized carbons (Fsp3) is 0.400. The van der Waals surface area contributed by atoms with Crippen molar-refractivity contribution in [1.82, 2.24) is 0 Å². The molecule has 3 rings (SSSR count). The van der Waals surface area contributed by atoms with E-state index >= 15 is 0 Å². The molecule has 1 fully saturated rings.